The number of hydrogen-bond donors (Lipinski definition) is 1. The van der Waals surface area contributed by atoms with Gasteiger partial charge in [0, 0.05) is 41.1 Å². The number of carbonyl (C=O) groups excluding carboxylic acids is 3. The molecule has 38 heavy (non-hydrogen) atoms. The Bertz CT molecular complexity index is 1570. The molecule has 0 fully saturated rings. The molecule has 1 atom stereocenters. The molecule has 0 radical (unpaired) electrons. The molecule has 0 aliphatic heterocycles. The first kappa shape index (κ1) is 26.3. The second kappa shape index (κ2) is 12.0. The van der Waals surface area contributed by atoms with E-state index in [0.717, 1.165) is 23.0 Å². The minimum Gasteiger partial charge on any atom is -0.345 e. The van der Waals surface area contributed by atoms with Crippen LogP contribution in [0.4, 0.5) is 0 Å². The van der Waals surface area contributed by atoms with Gasteiger partial charge in [-0.15, -0.1) is 0 Å². The van der Waals surface area contributed by atoms with Gasteiger partial charge in [-0.1, -0.05) is 60.7 Å². The molecule has 0 spiro atoms. The normalized spacial score (nSPS) is 11.2. The van der Waals surface area contributed by atoms with Crippen LogP contribution in [0.1, 0.15) is 45.7 Å². The highest BCUT2D eigenvalue weighted by atomic mass is 16.2. The van der Waals surface area contributed by atoms with Crippen LogP contribution in [0, 0.1) is 13.8 Å². The van der Waals surface area contributed by atoms with Gasteiger partial charge in [-0.05, 0) is 72.9 Å². The Labute approximate surface area is 222 Å². The summed E-state index contributed by atoms with van der Waals surface area (Å²) >= 11 is 0. The average Bonchev–Trinajstić information content (AvgIpc) is 3.19. The van der Waals surface area contributed by atoms with Crippen LogP contribution in [0.3, 0.4) is 0 Å². The van der Waals surface area contributed by atoms with Crippen LogP contribution in [0.15, 0.2) is 97.3 Å². The maximum Gasteiger partial charge on any atom is 0.373 e. The number of nitrogens with zero attached hydrogens (tertiary/aromatic N) is 2. The van der Waals surface area contributed by atoms with Gasteiger partial charge in [-0.2, -0.15) is 9.59 Å². The number of aromatic nitrogens is 2. The molecule has 5 aromatic rings. The fraction of sp³-hybridized carbons (Fsp3) is 0.156. The van der Waals surface area contributed by atoms with E-state index in [0.29, 0.717) is 5.56 Å². The van der Waals surface area contributed by atoms with Gasteiger partial charge in [0.05, 0.1) is 6.04 Å². The number of hydrogen-bond acceptors (Lipinski definition) is 4. The van der Waals surface area contributed by atoms with E-state index >= 15 is 0 Å². The lowest BCUT2D eigenvalue weighted by molar-refractivity contribution is -0.191. The molecule has 0 unspecified atom stereocenters. The summed E-state index contributed by atoms with van der Waals surface area (Å²) in [7, 11) is 0. The zero-order valence-corrected chi connectivity index (χ0v) is 21.6. The summed E-state index contributed by atoms with van der Waals surface area (Å²) in [5.41, 5.74) is 8.90. The molecule has 2 heterocycles. The van der Waals surface area contributed by atoms with Crippen molar-refractivity contribution in [3.8, 4) is 11.1 Å². The monoisotopic (exact) mass is 503 g/mol. The largest absolute Gasteiger partial charge is 0.373 e. The summed E-state index contributed by atoms with van der Waals surface area (Å²) < 4.78 is 2.34. The third-order valence-corrected chi connectivity index (χ3v) is 6.83. The third kappa shape index (κ3) is 5.77. The molecule has 3 aromatic carbocycles. The minimum absolute atomic E-state index is 0.0791. The van der Waals surface area contributed by atoms with Crippen LogP contribution >= 0.6 is 0 Å². The van der Waals surface area contributed by atoms with E-state index in [4.69, 9.17) is 9.59 Å². The van der Waals surface area contributed by atoms with Crippen LogP contribution in [0.5, 0.6) is 0 Å². The molecule has 5 rings (SSSR count). The third-order valence-electron chi connectivity index (χ3n) is 6.83. The summed E-state index contributed by atoms with van der Waals surface area (Å²) in [5.74, 6) is -0.0791. The second-order valence-corrected chi connectivity index (χ2v) is 9.16. The Balaban J connectivity index is 0.00000107. The van der Waals surface area contributed by atoms with Gasteiger partial charge in [0.2, 0.25) is 0 Å². The summed E-state index contributed by atoms with van der Waals surface area (Å²) in [6.07, 6.45) is 3.77. The van der Waals surface area contributed by atoms with Crippen LogP contribution < -0.4 is 5.32 Å². The fourth-order valence-corrected chi connectivity index (χ4v) is 4.61. The molecule has 2 aromatic heterocycles. The first-order chi connectivity index (χ1) is 18.4. The van der Waals surface area contributed by atoms with Gasteiger partial charge in [-0.25, -0.2) is 0 Å². The first-order valence-electron chi connectivity index (χ1n) is 12.4. The zero-order chi connectivity index (χ0) is 27.1. The maximum atomic E-state index is 13.0. The highest BCUT2D eigenvalue weighted by Gasteiger charge is 2.16. The predicted molar refractivity (Wildman–Crippen MR) is 148 cm³/mol. The molecule has 0 aliphatic rings. The van der Waals surface area contributed by atoms with Crippen molar-refractivity contribution >= 4 is 23.0 Å². The number of nitrogens with one attached hydrogen (secondary N) is 1. The van der Waals surface area contributed by atoms with Crippen molar-refractivity contribution in [2.45, 2.75) is 33.4 Å². The van der Waals surface area contributed by atoms with Gasteiger partial charge in [0.15, 0.2) is 0 Å². The highest BCUT2D eigenvalue weighted by Crippen LogP contribution is 2.28. The van der Waals surface area contributed by atoms with E-state index in [1.165, 1.54) is 27.9 Å². The van der Waals surface area contributed by atoms with Crippen molar-refractivity contribution in [1.82, 2.24) is 14.9 Å². The van der Waals surface area contributed by atoms with Crippen molar-refractivity contribution in [2.24, 2.45) is 0 Å². The summed E-state index contributed by atoms with van der Waals surface area (Å²) in [4.78, 5) is 33.4. The van der Waals surface area contributed by atoms with E-state index in [-0.39, 0.29) is 18.1 Å². The Morgan fingerprint density at radius 2 is 1.61 bits per heavy atom. The number of carbonyl (C=O) groups is 1. The average molecular weight is 504 g/mol. The van der Waals surface area contributed by atoms with Gasteiger partial charge in [-0.3, -0.25) is 9.78 Å². The Kier molecular flexibility index (Phi) is 8.27. The van der Waals surface area contributed by atoms with Crippen molar-refractivity contribution < 1.29 is 14.4 Å². The number of amides is 1. The SMILES string of the molecule is Cc1c(C)n(Cc2ccc(-c3ccccc3)cc2)c2ccc(C(=O)N[C@@H](C)c3cccnc3)cc12.O=C=O. The molecule has 6 nitrogen and oxygen atoms in total. The van der Waals surface area contributed by atoms with E-state index in [2.05, 4.69) is 83.3 Å². The zero-order valence-electron chi connectivity index (χ0n) is 21.6. The minimum atomic E-state index is -0.113. The maximum absolute atomic E-state index is 13.0. The van der Waals surface area contributed by atoms with Gasteiger partial charge >= 0.3 is 6.15 Å². The van der Waals surface area contributed by atoms with Crippen LogP contribution in [0.25, 0.3) is 22.0 Å². The van der Waals surface area contributed by atoms with E-state index in [9.17, 15) is 4.79 Å². The number of aryl methyl sites for hydroxylation is 1. The van der Waals surface area contributed by atoms with Gasteiger partial charge in [0.1, 0.15) is 0 Å². The molecule has 0 saturated heterocycles. The lowest BCUT2D eigenvalue weighted by atomic mass is 10.0. The molecule has 0 aliphatic carbocycles. The number of pyridine rings is 1. The second-order valence-electron chi connectivity index (χ2n) is 9.16. The quantitative estimate of drug-likeness (QED) is 0.296. The highest BCUT2D eigenvalue weighted by molar-refractivity contribution is 5.99. The molecule has 1 N–H and O–H groups in total. The molecular formula is C32H29N3O3. The Hall–Kier alpha value is -4.80. The van der Waals surface area contributed by atoms with E-state index in [1.807, 2.05) is 37.3 Å². The van der Waals surface area contributed by atoms with Gasteiger partial charge < -0.3 is 9.88 Å². The van der Waals surface area contributed by atoms with Crippen molar-refractivity contribution in [3.63, 3.8) is 0 Å². The topological polar surface area (TPSA) is 81.1 Å². The Morgan fingerprint density at radius 1 is 0.921 bits per heavy atom. The van der Waals surface area contributed by atoms with Gasteiger partial charge in [0.25, 0.3) is 5.91 Å². The summed E-state index contributed by atoms with van der Waals surface area (Å²) in [6, 6.07) is 28.9. The van der Waals surface area contributed by atoms with Crippen LogP contribution in [-0.4, -0.2) is 21.6 Å². The summed E-state index contributed by atoms with van der Waals surface area (Å²) in [6.45, 7) is 7.04. The van der Waals surface area contributed by atoms with Crippen molar-refractivity contribution in [3.05, 3.63) is 125 Å². The number of benzene rings is 3. The lowest BCUT2D eigenvalue weighted by Crippen LogP contribution is -2.26. The Morgan fingerprint density at radius 3 is 2.26 bits per heavy atom. The lowest BCUT2D eigenvalue weighted by Gasteiger charge is -2.14. The smallest absolute Gasteiger partial charge is 0.345 e. The van der Waals surface area contributed by atoms with E-state index in [1.54, 1.807) is 12.4 Å². The molecule has 1 amide bonds. The number of rotatable bonds is 6. The molecule has 0 saturated carbocycles. The molecule has 6 heteroatoms. The van der Waals surface area contributed by atoms with E-state index < -0.39 is 0 Å². The predicted octanol–water partition coefficient (Wildman–Crippen LogP) is 6.28. The fourth-order valence-electron chi connectivity index (χ4n) is 4.61. The summed E-state index contributed by atoms with van der Waals surface area (Å²) in [5, 5.41) is 4.21. The molecule has 0 bridgehead atoms. The molecular weight excluding hydrogens is 474 g/mol. The number of fused-ring (bicyclic) bond motifs is 1. The first-order valence-corrected chi connectivity index (χ1v) is 12.4. The van der Waals surface area contributed by atoms with Crippen LogP contribution in [0.2, 0.25) is 0 Å². The van der Waals surface area contributed by atoms with Crippen molar-refractivity contribution in [1.29, 1.82) is 0 Å². The standard InChI is InChI=1S/C31H29N3O.CO2/c1-21-23(3)34(20-24-11-13-26(14-12-24)25-8-5-4-6-9-25)30-16-15-27(18-29(21)30)31(35)33-22(2)28-10-7-17-32-19-28;2-1-3/h4-19,22H,20H2,1-3H3,(H,33,35);/t22-;/m0./s1. The van der Waals surface area contributed by atoms with Crippen molar-refractivity contribution in [2.75, 3.05) is 0 Å². The molecule has 190 valence electrons. The van der Waals surface area contributed by atoms with Crippen LogP contribution in [-0.2, 0) is 16.1 Å².